The zero-order valence-corrected chi connectivity index (χ0v) is 15.6. The maximum atomic E-state index is 13.1. The number of hydrogen-bond acceptors (Lipinski definition) is 4. The molecule has 1 aromatic heterocycles. The normalized spacial score (nSPS) is 10.7. The number of benzene rings is 3. The zero-order chi connectivity index (χ0) is 20.4. The molecule has 0 fully saturated rings. The molecule has 1 N–H and O–H groups in total. The van der Waals surface area contributed by atoms with Gasteiger partial charge in [-0.1, -0.05) is 48.0 Å². The highest BCUT2D eigenvalue weighted by Gasteiger charge is 2.15. The van der Waals surface area contributed by atoms with Gasteiger partial charge in [-0.2, -0.15) is 0 Å². The summed E-state index contributed by atoms with van der Waals surface area (Å²) in [5.41, 5.74) is 4.15. The second-order valence-corrected chi connectivity index (χ2v) is 6.70. The van der Waals surface area contributed by atoms with E-state index in [9.17, 15) is 14.9 Å². The molecule has 0 radical (unpaired) electrons. The molecule has 1 heterocycles. The van der Waals surface area contributed by atoms with Crippen LogP contribution in [-0.2, 0) is 0 Å². The molecule has 6 heteroatoms. The minimum atomic E-state index is -0.493. The van der Waals surface area contributed by atoms with E-state index in [0.29, 0.717) is 27.8 Å². The second kappa shape index (κ2) is 7.52. The summed E-state index contributed by atoms with van der Waals surface area (Å²) in [6.07, 6.45) is 0. The molecule has 6 nitrogen and oxygen atoms in total. The van der Waals surface area contributed by atoms with Crippen LogP contribution in [0.25, 0.3) is 22.2 Å². The van der Waals surface area contributed by atoms with Gasteiger partial charge in [0.25, 0.3) is 11.6 Å². The lowest BCUT2D eigenvalue weighted by atomic mass is 10.0. The summed E-state index contributed by atoms with van der Waals surface area (Å²) in [5, 5.41) is 14.5. The molecule has 142 valence electrons. The monoisotopic (exact) mass is 383 g/mol. The highest BCUT2D eigenvalue weighted by molar-refractivity contribution is 6.13. The SMILES string of the molecule is Cc1cccc(-c2cc(C(=O)Nc3cccc([N+](=O)[O-])c3)c3ccccc3n2)c1. The van der Waals surface area contributed by atoms with Crippen LogP contribution in [-0.4, -0.2) is 15.8 Å². The average molecular weight is 383 g/mol. The lowest BCUT2D eigenvalue weighted by molar-refractivity contribution is -0.384. The van der Waals surface area contributed by atoms with E-state index < -0.39 is 4.92 Å². The minimum absolute atomic E-state index is 0.0807. The molecule has 3 aromatic carbocycles. The van der Waals surface area contributed by atoms with Gasteiger partial charge in [-0.05, 0) is 31.2 Å². The largest absolute Gasteiger partial charge is 0.322 e. The highest BCUT2D eigenvalue weighted by atomic mass is 16.6. The first-order valence-electron chi connectivity index (χ1n) is 9.04. The van der Waals surface area contributed by atoms with Crippen LogP contribution >= 0.6 is 0 Å². The van der Waals surface area contributed by atoms with Gasteiger partial charge in [0.1, 0.15) is 0 Å². The van der Waals surface area contributed by atoms with Crippen LogP contribution in [0.1, 0.15) is 15.9 Å². The summed E-state index contributed by atoms with van der Waals surface area (Å²) < 4.78 is 0. The molecule has 0 saturated heterocycles. The van der Waals surface area contributed by atoms with Gasteiger partial charge < -0.3 is 5.32 Å². The van der Waals surface area contributed by atoms with Crippen molar-refractivity contribution in [2.24, 2.45) is 0 Å². The summed E-state index contributed by atoms with van der Waals surface area (Å²) in [6.45, 7) is 2.00. The maximum Gasteiger partial charge on any atom is 0.271 e. The van der Waals surface area contributed by atoms with Crippen molar-refractivity contribution in [3.63, 3.8) is 0 Å². The molecule has 0 bridgehead atoms. The molecule has 0 aliphatic carbocycles. The Morgan fingerprint density at radius 1 is 0.966 bits per heavy atom. The lowest BCUT2D eigenvalue weighted by Gasteiger charge is -2.11. The number of nitro groups is 1. The fraction of sp³-hybridized carbons (Fsp3) is 0.0435. The van der Waals surface area contributed by atoms with Gasteiger partial charge in [0, 0.05) is 28.8 Å². The van der Waals surface area contributed by atoms with Crippen molar-refractivity contribution < 1.29 is 9.72 Å². The van der Waals surface area contributed by atoms with Crippen molar-refractivity contribution in [1.29, 1.82) is 0 Å². The van der Waals surface area contributed by atoms with Crippen LogP contribution in [0, 0.1) is 17.0 Å². The number of hydrogen-bond donors (Lipinski definition) is 1. The van der Waals surface area contributed by atoms with E-state index in [1.807, 2.05) is 55.5 Å². The Kier molecular flexibility index (Phi) is 4.75. The number of nitrogens with zero attached hydrogens (tertiary/aromatic N) is 2. The van der Waals surface area contributed by atoms with Gasteiger partial charge in [0.2, 0.25) is 0 Å². The number of non-ortho nitro benzene ring substituents is 1. The molecule has 0 unspecified atom stereocenters. The number of nitrogens with one attached hydrogen (secondary N) is 1. The first-order valence-corrected chi connectivity index (χ1v) is 9.04. The van der Waals surface area contributed by atoms with Crippen LogP contribution in [0.3, 0.4) is 0 Å². The Balaban J connectivity index is 1.78. The van der Waals surface area contributed by atoms with Crippen molar-refractivity contribution in [3.05, 3.63) is 100 Å². The van der Waals surface area contributed by atoms with Crippen molar-refractivity contribution in [2.45, 2.75) is 6.92 Å². The molecule has 1 amide bonds. The Bertz CT molecular complexity index is 1250. The predicted octanol–water partition coefficient (Wildman–Crippen LogP) is 5.37. The van der Waals surface area contributed by atoms with E-state index in [1.54, 1.807) is 12.1 Å². The summed E-state index contributed by atoms with van der Waals surface area (Å²) in [7, 11) is 0. The number of carbonyl (C=O) groups excluding carboxylic acids is 1. The van der Waals surface area contributed by atoms with Crippen LogP contribution < -0.4 is 5.32 Å². The van der Waals surface area contributed by atoms with Crippen LogP contribution in [0.15, 0.2) is 78.9 Å². The highest BCUT2D eigenvalue weighted by Crippen LogP contribution is 2.26. The van der Waals surface area contributed by atoms with E-state index in [2.05, 4.69) is 5.32 Å². The fourth-order valence-electron chi connectivity index (χ4n) is 3.21. The number of aryl methyl sites for hydroxylation is 1. The third-order valence-corrected chi connectivity index (χ3v) is 4.59. The molecule has 4 rings (SSSR count). The van der Waals surface area contributed by atoms with E-state index in [4.69, 9.17) is 4.98 Å². The molecule has 4 aromatic rings. The second-order valence-electron chi connectivity index (χ2n) is 6.70. The Morgan fingerprint density at radius 2 is 1.76 bits per heavy atom. The molecule has 0 spiro atoms. The molecule has 0 saturated carbocycles. The summed E-state index contributed by atoms with van der Waals surface area (Å²) >= 11 is 0. The Labute approximate surface area is 167 Å². The molecular weight excluding hydrogens is 366 g/mol. The quantitative estimate of drug-likeness (QED) is 0.379. The number of para-hydroxylation sites is 1. The summed E-state index contributed by atoms with van der Waals surface area (Å²) in [4.78, 5) is 28.3. The fourth-order valence-corrected chi connectivity index (χ4v) is 3.21. The molecule has 0 aliphatic heterocycles. The number of anilines is 1. The Morgan fingerprint density at radius 3 is 2.55 bits per heavy atom. The molecule has 29 heavy (non-hydrogen) atoms. The van der Waals surface area contributed by atoms with E-state index in [-0.39, 0.29) is 11.6 Å². The third-order valence-electron chi connectivity index (χ3n) is 4.59. The van der Waals surface area contributed by atoms with Crippen molar-refractivity contribution in [1.82, 2.24) is 4.98 Å². The summed E-state index contributed by atoms with van der Waals surface area (Å²) in [5.74, 6) is -0.349. The minimum Gasteiger partial charge on any atom is -0.322 e. The topological polar surface area (TPSA) is 85.1 Å². The molecule has 0 aliphatic rings. The number of rotatable bonds is 4. The first kappa shape index (κ1) is 18.3. The standard InChI is InChI=1S/C23H17N3O3/c1-15-6-4-7-16(12-15)22-14-20(19-10-2-3-11-21(19)25-22)23(27)24-17-8-5-9-18(13-17)26(28)29/h2-14H,1H3,(H,24,27). The zero-order valence-electron chi connectivity index (χ0n) is 15.6. The van der Waals surface area contributed by atoms with Crippen molar-refractivity contribution in [3.8, 4) is 11.3 Å². The van der Waals surface area contributed by atoms with Gasteiger partial charge in [0.05, 0.1) is 21.7 Å². The number of pyridine rings is 1. The molecule has 0 atom stereocenters. The van der Waals surface area contributed by atoms with Gasteiger partial charge in [0.15, 0.2) is 0 Å². The number of carbonyl (C=O) groups is 1. The molecular formula is C23H17N3O3. The predicted molar refractivity (Wildman–Crippen MR) is 113 cm³/mol. The van der Waals surface area contributed by atoms with Crippen LogP contribution in [0.5, 0.6) is 0 Å². The number of fused-ring (bicyclic) bond motifs is 1. The third kappa shape index (κ3) is 3.82. The van der Waals surface area contributed by atoms with E-state index in [0.717, 1.165) is 11.1 Å². The lowest BCUT2D eigenvalue weighted by Crippen LogP contribution is -2.13. The van der Waals surface area contributed by atoms with Crippen LogP contribution in [0.2, 0.25) is 0 Å². The van der Waals surface area contributed by atoms with Gasteiger partial charge in [-0.3, -0.25) is 14.9 Å². The maximum absolute atomic E-state index is 13.1. The van der Waals surface area contributed by atoms with Crippen molar-refractivity contribution >= 4 is 28.2 Å². The number of amides is 1. The van der Waals surface area contributed by atoms with Gasteiger partial charge in [-0.15, -0.1) is 0 Å². The smallest absolute Gasteiger partial charge is 0.271 e. The number of aromatic nitrogens is 1. The summed E-state index contributed by atoms with van der Waals surface area (Å²) in [6, 6.07) is 23.0. The van der Waals surface area contributed by atoms with E-state index in [1.165, 1.54) is 18.2 Å². The van der Waals surface area contributed by atoms with E-state index >= 15 is 0 Å². The first-order chi connectivity index (χ1) is 14.0. The van der Waals surface area contributed by atoms with Gasteiger partial charge in [-0.25, -0.2) is 4.98 Å². The Hall–Kier alpha value is -4.06. The van der Waals surface area contributed by atoms with Crippen molar-refractivity contribution in [2.75, 3.05) is 5.32 Å². The average Bonchev–Trinajstić information content (AvgIpc) is 2.73. The van der Waals surface area contributed by atoms with Gasteiger partial charge >= 0.3 is 0 Å². The van der Waals surface area contributed by atoms with Crippen LogP contribution in [0.4, 0.5) is 11.4 Å². The number of nitro benzene ring substituents is 1.